The van der Waals surface area contributed by atoms with Gasteiger partial charge in [0.1, 0.15) is 5.60 Å². The van der Waals surface area contributed by atoms with E-state index in [9.17, 15) is 31.2 Å². The van der Waals surface area contributed by atoms with Crippen LogP contribution in [-0.4, -0.2) is 48.9 Å². The van der Waals surface area contributed by atoms with Crippen molar-refractivity contribution in [2.45, 2.75) is 57.2 Å². The number of anilines is 1. The number of amides is 1. The van der Waals surface area contributed by atoms with Gasteiger partial charge in [-0.2, -0.15) is 13.2 Å². The molecular weight excluding hydrogens is 583 g/mol. The van der Waals surface area contributed by atoms with Crippen molar-refractivity contribution in [2.24, 2.45) is 0 Å². The number of carbonyl (C=O) groups excluding carboxylic acids is 2. The Hall–Kier alpha value is -3.51. The number of ether oxygens (including phenoxy) is 1. The summed E-state index contributed by atoms with van der Waals surface area (Å²) in [7, 11) is -3.03. The Kier molecular flexibility index (Phi) is 9.49. The smallest absolute Gasteiger partial charge is 0.416 e. The first kappa shape index (κ1) is 32.0. The van der Waals surface area contributed by atoms with Gasteiger partial charge in [0.05, 0.1) is 16.2 Å². The quantitative estimate of drug-likeness (QED) is 0.275. The molecule has 1 aromatic heterocycles. The van der Waals surface area contributed by atoms with Crippen molar-refractivity contribution in [2.75, 3.05) is 17.7 Å². The Morgan fingerprint density at radius 3 is 2.27 bits per heavy atom. The summed E-state index contributed by atoms with van der Waals surface area (Å²) in [6.45, 7) is 6.78. The van der Waals surface area contributed by atoms with Crippen LogP contribution in [-0.2, 0) is 25.5 Å². The minimum Gasteiger partial charge on any atom is -0.460 e. The van der Waals surface area contributed by atoms with E-state index in [1.54, 1.807) is 32.9 Å². The molecule has 3 rings (SSSR count). The van der Waals surface area contributed by atoms with Gasteiger partial charge in [-0.1, -0.05) is 35.9 Å². The van der Waals surface area contributed by atoms with Crippen molar-refractivity contribution in [3.63, 3.8) is 0 Å². The number of sulfone groups is 1. The molecule has 1 amide bonds. The lowest BCUT2D eigenvalue weighted by atomic mass is 10.0. The van der Waals surface area contributed by atoms with Crippen molar-refractivity contribution in [1.29, 1.82) is 0 Å². The molecule has 8 nitrogen and oxygen atoms in total. The maximum Gasteiger partial charge on any atom is 0.416 e. The molecule has 0 saturated carbocycles. The zero-order chi connectivity index (χ0) is 30.8. The van der Waals surface area contributed by atoms with E-state index >= 15 is 0 Å². The van der Waals surface area contributed by atoms with Crippen LogP contribution in [0.3, 0.4) is 0 Å². The number of hydrogen-bond donors (Lipinski definition) is 0. The molecule has 0 atom stereocenters. The first-order chi connectivity index (χ1) is 18.9. The van der Waals surface area contributed by atoms with Gasteiger partial charge >= 0.3 is 12.1 Å². The zero-order valence-corrected chi connectivity index (χ0v) is 24.6. The fraction of sp³-hybridized carbons (Fsp3) is 0.357. The molecule has 0 saturated heterocycles. The highest BCUT2D eigenvalue weighted by Gasteiger charge is 2.34. The maximum absolute atomic E-state index is 13.8. The standard InChI is InChI=1S/C28H29ClF3N3O5S/c1-17-9-6-7-10-21(17)22-16-23(29)33-34-25(22)35(5)26(37)18-13-19(28(30,31)32)15-20(14-18)41(38,39)12-8-11-24(36)40-27(2,3)4/h6-7,9-10,13-16H,8,11-12H2,1-5H3. The Bertz CT molecular complexity index is 1570. The van der Waals surface area contributed by atoms with E-state index < -0.39 is 55.3 Å². The second-order valence-corrected chi connectivity index (χ2v) is 12.8. The predicted octanol–water partition coefficient (Wildman–Crippen LogP) is 6.30. The van der Waals surface area contributed by atoms with Crippen molar-refractivity contribution in [3.8, 4) is 11.1 Å². The van der Waals surface area contributed by atoms with Gasteiger partial charge in [-0.05, 0) is 69.5 Å². The highest BCUT2D eigenvalue weighted by molar-refractivity contribution is 7.91. The van der Waals surface area contributed by atoms with E-state index in [0.717, 1.165) is 16.5 Å². The molecular formula is C28H29ClF3N3O5S. The summed E-state index contributed by atoms with van der Waals surface area (Å²) in [6, 6.07) is 10.6. The number of aryl methyl sites for hydroxylation is 1. The largest absolute Gasteiger partial charge is 0.460 e. The number of nitrogens with zero attached hydrogens (tertiary/aromatic N) is 3. The molecule has 1 heterocycles. The van der Waals surface area contributed by atoms with E-state index in [1.165, 1.54) is 13.1 Å². The number of aromatic nitrogens is 2. The molecule has 3 aromatic rings. The molecule has 0 fully saturated rings. The van der Waals surface area contributed by atoms with Crippen LogP contribution in [0.4, 0.5) is 19.0 Å². The number of alkyl halides is 3. The van der Waals surface area contributed by atoms with Gasteiger partial charge in [0.15, 0.2) is 20.8 Å². The van der Waals surface area contributed by atoms with E-state index in [0.29, 0.717) is 23.3 Å². The van der Waals surface area contributed by atoms with Crippen LogP contribution in [0.15, 0.2) is 53.4 Å². The van der Waals surface area contributed by atoms with Crippen LogP contribution >= 0.6 is 11.6 Å². The third-order valence-electron chi connectivity index (χ3n) is 5.86. The third-order valence-corrected chi connectivity index (χ3v) is 7.82. The van der Waals surface area contributed by atoms with E-state index in [2.05, 4.69) is 10.2 Å². The van der Waals surface area contributed by atoms with Crippen LogP contribution in [0.25, 0.3) is 11.1 Å². The molecule has 0 radical (unpaired) electrons. The number of rotatable bonds is 8. The first-order valence-corrected chi connectivity index (χ1v) is 14.5. The van der Waals surface area contributed by atoms with E-state index in [-0.39, 0.29) is 23.8 Å². The zero-order valence-electron chi connectivity index (χ0n) is 23.0. The molecule has 0 aliphatic rings. The predicted molar refractivity (Wildman–Crippen MR) is 149 cm³/mol. The monoisotopic (exact) mass is 611 g/mol. The number of benzene rings is 2. The molecule has 0 unspecified atom stereocenters. The summed E-state index contributed by atoms with van der Waals surface area (Å²) in [5, 5.41) is 7.82. The highest BCUT2D eigenvalue weighted by atomic mass is 35.5. The molecule has 0 N–H and O–H groups in total. The molecule has 0 aliphatic carbocycles. The number of esters is 1. The van der Waals surface area contributed by atoms with E-state index in [1.807, 2.05) is 19.1 Å². The summed E-state index contributed by atoms with van der Waals surface area (Å²) in [5.41, 5.74) is -0.731. The summed E-state index contributed by atoms with van der Waals surface area (Å²) in [5.74, 6) is -2.21. The highest BCUT2D eigenvalue weighted by Crippen LogP contribution is 2.35. The van der Waals surface area contributed by atoms with E-state index in [4.69, 9.17) is 16.3 Å². The van der Waals surface area contributed by atoms with Crippen molar-refractivity contribution >= 4 is 39.1 Å². The minimum absolute atomic E-state index is 0.00730. The van der Waals surface area contributed by atoms with Gasteiger partial charge in [0.25, 0.3) is 5.91 Å². The fourth-order valence-electron chi connectivity index (χ4n) is 3.96. The molecule has 220 valence electrons. The Morgan fingerprint density at radius 1 is 1.00 bits per heavy atom. The summed E-state index contributed by atoms with van der Waals surface area (Å²) < 4.78 is 72.6. The SMILES string of the molecule is Cc1ccccc1-c1cc(Cl)nnc1N(C)C(=O)c1cc(C(F)(F)F)cc(S(=O)(=O)CCCC(=O)OC(C)(C)C)c1. The Morgan fingerprint density at radius 2 is 1.66 bits per heavy atom. The van der Waals surface area contributed by atoms with Gasteiger partial charge in [-0.15, -0.1) is 10.2 Å². The lowest BCUT2D eigenvalue weighted by Gasteiger charge is -2.21. The van der Waals surface area contributed by atoms with Crippen LogP contribution in [0.2, 0.25) is 5.15 Å². The molecule has 0 bridgehead atoms. The van der Waals surface area contributed by atoms with Gasteiger partial charge in [-0.25, -0.2) is 8.42 Å². The molecule has 0 aliphatic heterocycles. The van der Waals surface area contributed by atoms with Crippen LogP contribution in [0, 0.1) is 6.92 Å². The topological polar surface area (TPSA) is 107 Å². The Labute approximate surface area is 241 Å². The summed E-state index contributed by atoms with van der Waals surface area (Å²) in [6.07, 6.45) is -5.38. The van der Waals surface area contributed by atoms with Gasteiger partial charge in [-0.3, -0.25) is 14.5 Å². The summed E-state index contributed by atoms with van der Waals surface area (Å²) in [4.78, 5) is 25.7. The molecule has 0 spiro atoms. The second kappa shape index (κ2) is 12.2. The third kappa shape index (κ3) is 8.26. The van der Waals surface area contributed by atoms with Crippen molar-refractivity contribution in [3.05, 3.63) is 70.4 Å². The van der Waals surface area contributed by atoms with Gasteiger partial charge in [0, 0.05) is 24.6 Å². The van der Waals surface area contributed by atoms with Crippen LogP contribution in [0.1, 0.15) is 55.1 Å². The lowest BCUT2D eigenvalue weighted by Crippen LogP contribution is -2.29. The van der Waals surface area contributed by atoms with Crippen LogP contribution < -0.4 is 4.90 Å². The second-order valence-electron chi connectivity index (χ2n) is 10.3. The van der Waals surface area contributed by atoms with Gasteiger partial charge in [0.2, 0.25) is 0 Å². The van der Waals surface area contributed by atoms with Crippen molar-refractivity contribution in [1.82, 2.24) is 10.2 Å². The Balaban J connectivity index is 1.99. The fourth-order valence-corrected chi connectivity index (χ4v) is 5.48. The molecule has 13 heteroatoms. The van der Waals surface area contributed by atoms with Crippen LogP contribution in [0.5, 0.6) is 0 Å². The minimum atomic E-state index is -4.94. The van der Waals surface area contributed by atoms with Crippen molar-refractivity contribution < 1.29 is 35.9 Å². The normalized spacial score (nSPS) is 12.2. The average Bonchev–Trinajstić information content (AvgIpc) is 2.86. The van der Waals surface area contributed by atoms with Gasteiger partial charge < -0.3 is 4.74 Å². The lowest BCUT2D eigenvalue weighted by molar-refractivity contribution is -0.154. The molecule has 2 aromatic carbocycles. The molecule has 41 heavy (non-hydrogen) atoms. The average molecular weight is 612 g/mol. The summed E-state index contributed by atoms with van der Waals surface area (Å²) >= 11 is 6.06. The number of hydrogen-bond acceptors (Lipinski definition) is 7. The number of halogens is 4. The number of carbonyl (C=O) groups is 2. The maximum atomic E-state index is 13.8. The first-order valence-electron chi connectivity index (χ1n) is 12.4.